The van der Waals surface area contributed by atoms with Gasteiger partial charge in [0.1, 0.15) is 0 Å². The Morgan fingerprint density at radius 3 is 2.46 bits per heavy atom. The third kappa shape index (κ3) is 5.96. The van der Waals surface area contributed by atoms with Gasteiger partial charge in [0.15, 0.2) is 5.13 Å². The minimum absolute atomic E-state index is 0.197. The number of hydrogen-bond acceptors (Lipinski definition) is 8. The molecule has 198 valence electrons. The van der Waals surface area contributed by atoms with Gasteiger partial charge in [0.25, 0.3) is 5.91 Å². The van der Waals surface area contributed by atoms with Crippen molar-refractivity contribution in [3.8, 4) is 0 Å². The average molecular weight is 544 g/mol. The van der Waals surface area contributed by atoms with Crippen molar-refractivity contribution in [3.63, 3.8) is 0 Å². The molecule has 11 heteroatoms. The van der Waals surface area contributed by atoms with Crippen LogP contribution in [-0.4, -0.2) is 94.1 Å². The number of nitrogens with zero attached hydrogens (tertiary/aromatic N) is 4. The number of fused-ring (bicyclic) bond motifs is 1. The van der Waals surface area contributed by atoms with Crippen molar-refractivity contribution in [2.75, 3.05) is 70.5 Å². The Balaban J connectivity index is 1.08. The first-order valence-corrected chi connectivity index (χ1v) is 15.0. The molecule has 2 aliphatic rings. The molecule has 3 aromatic rings. The number of aryl methyl sites for hydroxylation is 1. The van der Waals surface area contributed by atoms with E-state index in [1.54, 1.807) is 23.5 Å². The highest BCUT2D eigenvalue weighted by Gasteiger charge is 2.26. The zero-order valence-electron chi connectivity index (χ0n) is 21.1. The SMILES string of the molecule is CCc1ccc2nc(N3CCN(CCNC(=O)c4ccc(S(=O)(=O)N5CCOCC5)cc4)CC3)sc2c1. The van der Waals surface area contributed by atoms with E-state index in [4.69, 9.17) is 9.72 Å². The molecular formula is C26H33N5O4S2. The fraction of sp³-hybridized carbons (Fsp3) is 0.462. The summed E-state index contributed by atoms with van der Waals surface area (Å²) in [5, 5.41) is 4.04. The van der Waals surface area contributed by atoms with E-state index in [0.717, 1.165) is 49.8 Å². The molecule has 1 amide bonds. The summed E-state index contributed by atoms with van der Waals surface area (Å²) in [4.78, 5) is 22.3. The average Bonchev–Trinajstić information content (AvgIpc) is 3.37. The first-order chi connectivity index (χ1) is 17.9. The lowest BCUT2D eigenvalue weighted by Gasteiger charge is -2.34. The molecule has 37 heavy (non-hydrogen) atoms. The topological polar surface area (TPSA) is 95.1 Å². The van der Waals surface area contributed by atoms with Crippen molar-refractivity contribution in [1.82, 2.24) is 19.5 Å². The van der Waals surface area contributed by atoms with Crippen LogP contribution in [0.25, 0.3) is 10.2 Å². The van der Waals surface area contributed by atoms with Crippen LogP contribution in [0.15, 0.2) is 47.4 Å². The van der Waals surface area contributed by atoms with Gasteiger partial charge in [0.2, 0.25) is 10.0 Å². The van der Waals surface area contributed by atoms with Gasteiger partial charge in [0.05, 0.1) is 28.3 Å². The van der Waals surface area contributed by atoms with Crippen molar-refractivity contribution in [3.05, 3.63) is 53.6 Å². The Morgan fingerprint density at radius 1 is 1.03 bits per heavy atom. The number of anilines is 1. The number of hydrogen-bond donors (Lipinski definition) is 1. The lowest BCUT2D eigenvalue weighted by atomic mass is 10.2. The van der Waals surface area contributed by atoms with Crippen LogP contribution in [-0.2, 0) is 21.2 Å². The number of aromatic nitrogens is 1. The molecule has 2 fully saturated rings. The zero-order valence-corrected chi connectivity index (χ0v) is 22.7. The highest BCUT2D eigenvalue weighted by atomic mass is 32.2. The van der Waals surface area contributed by atoms with Crippen molar-refractivity contribution >= 4 is 42.6 Å². The summed E-state index contributed by atoms with van der Waals surface area (Å²) in [6.45, 7) is 8.61. The number of nitrogens with one attached hydrogen (secondary N) is 1. The number of amides is 1. The Hall–Kier alpha value is -2.57. The highest BCUT2D eigenvalue weighted by Crippen LogP contribution is 2.30. The van der Waals surface area contributed by atoms with Crippen molar-refractivity contribution < 1.29 is 17.9 Å². The summed E-state index contributed by atoms with van der Waals surface area (Å²) in [6, 6.07) is 12.7. The molecular weight excluding hydrogens is 510 g/mol. The molecule has 5 rings (SSSR count). The highest BCUT2D eigenvalue weighted by molar-refractivity contribution is 7.89. The summed E-state index contributed by atoms with van der Waals surface area (Å²) < 4.78 is 33.4. The van der Waals surface area contributed by atoms with Gasteiger partial charge in [0, 0.05) is 57.9 Å². The van der Waals surface area contributed by atoms with E-state index in [-0.39, 0.29) is 10.8 Å². The first kappa shape index (κ1) is 26.1. The Kier molecular flexibility index (Phi) is 8.06. The smallest absolute Gasteiger partial charge is 0.251 e. The normalized spacial score (nSPS) is 17.8. The summed E-state index contributed by atoms with van der Waals surface area (Å²) in [6.07, 6.45) is 1.03. The fourth-order valence-electron chi connectivity index (χ4n) is 4.62. The van der Waals surface area contributed by atoms with Gasteiger partial charge < -0.3 is 15.0 Å². The molecule has 0 spiro atoms. The van der Waals surface area contributed by atoms with E-state index >= 15 is 0 Å². The Labute approximate surface area is 222 Å². The Morgan fingerprint density at radius 2 is 1.76 bits per heavy atom. The third-order valence-electron chi connectivity index (χ3n) is 6.93. The van der Waals surface area contributed by atoms with Gasteiger partial charge in [-0.05, 0) is 48.4 Å². The second kappa shape index (κ2) is 11.4. The number of benzene rings is 2. The van der Waals surface area contributed by atoms with Crippen LogP contribution >= 0.6 is 11.3 Å². The molecule has 2 aliphatic heterocycles. The van der Waals surface area contributed by atoms with Crippen LogP contribution in [0.1, 0.15) is 22.8 Å². The van der Waals surface area contributed by atoms with E-state index in [0.29, 0.717) is 38.4 Å². The van der Waals surface area contributed by atoms with E-state index < -0.39 is 10.0 Å². The number of carbonyl (C=O) groups is 1. The molecule has 0 bridgehead atoms. The Bertz CT molecular complexity index is 1330. The van der Waals surface area contributed by atoms with Crippen LogP contribution in [0.3, 0.4) is 0 Å². The van der Waals surface area contributed by atoms with Crippen molar-refractivity contribution in [2.45, 2.75) is 18.2 Å². The molecule has 3 heterocycles. The standard InChI is InChI=1S/C26H33N5O4S2/c1-2-20-3-8-23-24(19-20)36-26(28-23)30-13-11-29(12-14-30)10-9-27-25(32)21-4-6-22(7-5-21)37(33,34)31-15-17-35-18-16-31/h3-8,19H,2,9-18H2,1H3,(H,27,32). The maximum atomic E-state index is 12.8. The lowest BCUT2D eigenvalue weighted by Crippen LogP contribution is -2.48. The van der Waals surface area contributed by atoms with Crippen LogP contribution in [0.4, 0.5) is 5.13 Å². The van der Waals surface area contributed by atoms with Gasteiger partial charge >= 0.3 is 0 Å². The minimum Gasteiger partial charge on any atom is -0.379 e. The number of rotatable bonds is 8. The molecule has 1 aromatic heterocycles. The molecule has 1 N–H and O–H groups in total. The van der Waals surface area contributed by atoms with Crippen LogP contribution in [0.2, 0.25) is 0 Å². The summed E-state index contributed by atoms with van der Waals surface area (Å²) in [5.74, 6) is -0.199. The van der Waals surface area contributed by atoms with Crippen LogP contribution in [0.5, 0.6) is 0 Å². The van der Waals surface area contributed by atoms with Crippen LogP contribution in [0, 0.1) is 0 Å². The summed E-state index contributed by atoms with van der Waals surface area (Å²) >= 11 is 1.76. The quantitative estimate of drug-likeness (QED) is 0.466. The first-order valence-electron chi connectivity index (χ1n) is 12.8. The van der Waals surface area contributed by atoms with Crippen molar-refractivity contribution in [2.24, 2.45) is 0 Å². The maximum Gasteiger partial charge on any atom is 0.251 e. The molecule has 0 atom stereocenters. The van der Waals surface area contributed by atoms with E-state index in [1.165, 1.54) is 26.7 Å². The van der Waals surface area contributed by atoms with Gasteiger partial charge in [-0.3, -0.25) is 9.69 Å². The predicted octanol–water partition coefficient (Wildman–Crippen LogP) is 2.43. The lowest BCUT2D eigenvalue weighted by molar-refractivity contribution is 0.0730. The molecule has 2 aromatic carbocycles. The number of morpholine rings is 1. The second-order valence-electron chi connectivity index (χ2n) is 9.28. The fourth-order valence-corrected chi connectivity index (χ4v) is 7.11. The summed E-state index contributed by atoms with van der Waals surface area (Å²) in [5.41, 5.74) is 2.85. The predicted molar refractivity (Wildman–Crippen MR) is 146 cm³/mol. The molecule has 0 saturated carbocycles. The molecule has 0 aliphatic carbocycles. The number of ether oxygens (including phenoxy) is 1. The largest absolute Gasteiger partial charge is 0.379 e. The molecule has 0 radical (unpaired) electrons. The maximum absolute atomic E-state index is 12.8. The number of carbonyl (C=O) groups excluding carboxylic acids is 1. The zero-order chi connectivity index (χ0) is 25.8. The van der Waals surface area contributed by atoms with Gasteiger partial charge in [-0.1, -0.05) is 24.3 Å². The van der Waals surface area contributed by atoms with E-state index in [2.05, 4.69) is 40.2 Å². The minimum atomic E-state index is -3.56. The summed E-state index contributed by atoms with van der Waals surface area (Å²) in [7, 11) is -3.56. The number of piperazine rings is 1. The van der Waals surface area contributed by atoms with Gasteiger partial charge in [-0.2, -0.15) is 4.31 Å². The molecule has 2 saturated heterocycles. The molecule has 9 nitrogen and oxygen atoms in total. The third-order valence-corrected chi connectivity index (χ3v) is 9.92. The van der Waals surface area contributed by atoms with Gasteiger partial charge in [-0.25, -0.2) is 13.4 Å². The van der Waals surface area contributed by atoms with Crippen LogP contribution < -0.4 is 10.2 Å². The monoisotopic (exact) mass is 543 g/mol. The second-order valence-corrected chi connectivity index (χ2v) is 12.2. The number of thiazole rings is 1. The molecule has 0 unspecified atom stereocenters. The van der Waals surface area contributed by atoms with Crippen molar-refractivity contribution in [1.29, 1.82) is 0 Å². The van der Waals surface area contributed by atoms with E-state index in [1.807, 2.05) is 0 Å². The van der Waals surface area contributed by atoms with Gasteiger partial charge in [-0.15, -0.1) is 0 Å². The van der Waals surface area contributed by atoms with E-state index in [9.17, 15) is 13.2 Å². The number of sulfonamides is 1.